The molecule has 2 rings (SSSR count). The number of nitrogens with two attached hydrogens (primary N) is 1. The molecule has 1 heterocycles. The predicted molar refractivity (Wildman–Crippen MR) is 83.2 cm³/mol. The van der Waals surface area contributed by atoms with Crippen LogP contribution in [0.5, 0.6) is 0 Å². The van der Waals surface area contributed by atoms with Gasteiger partial charge in [0.1, 0.15) is 11.5 Å². The normalized spacial score (nSPS) is 10.5. The number of hydrogen-bond acceptors (Lipinski definition) is 4. The molecule has 0 atom stereocenters. The average Bonchev–Trinajstić information content (AvgIpc) is 2.86. The number of furan rings is 1. The first-order valence-electron chi connectivity index (χ1n) is 6.00. The molecule has 1 amide bonds. The number of hydrogen-bond donors (Lipinski definition) is 2. The van der Waals surface area contributed by atoms with Crippen LogP contribution in [0, 0.1) is 0 Å². The fourth-order valence-electron chi connectivity index (χ4n) is 1.75. The van der Waals surface area contributed by atoms with Crippen molar-refractivity contribution in [1.29, 1.82) is 0 Å². The number of amides is 1. The first-order chi connectivity index (χ1) is 9.60. The molecule has 0 radical (unpaired) electrons. The zero-order valence-corrected chi connectivity index (χ0v) is 12.6. The molecule has 0 aliphatic heterocycles. The molecule has 1 aromatic heterocycles. The van der Waals surface area contributed by atoms with Crippen LogP contribution in [0.1, 0.15) is 21.9 Å². The van der Waals surface area contributed by atoms with Crippen molar-refractivity contribution < 1.29 is 9.21 Å². The molecule has 0 unspecified atom stereocenters. The fourth-order valence-corrected chi connectivity index (χ4v) is 2.40. The Balaban J connectivity index is 2.03. The SMILES string of the molecule is CSCc1ccc(CNc2ccc(Cl)c(C(N)=O)c2)o1. The Kier molecular flexibility index (Phi) is 4.98. The number of rotatable bonds is 6. The van der Waals surface area contributed by atoms with Gasteiger partial charge in [0, 0.05) is 5.69 Å². The van der Waals surface area contributed by atoms with Crippen molar-refractivity contribution >= 4 is 35.0 Å². The molecule has 6 heteroatoms. The Morgan fingerprint density at radius 1 is 1.35 bits per heavy atom. The highest BCUT2D eigenvalue weighted by molar-refractivity contribution is 7.97. The second-order valence-corrected chi connectivity index (χ2v) is 5.49. The van der Waals surface area contributed by atoms with E-state index in [1.807, 2.05) is 18.4 Å². The highest BCUT2D eigenvalue weighted by Crippen LogP contribution is 2.21. The quantitative estimate of drug-likeness (QED) is 0.856. The maximum Gasteiger partial charge on any atom is 0.250 e. The lowest BCUT2D eigenvalue weighted by Gasteiger charge is -2.07. The first kappa shape index (κ1) is 14.8. The van der Waals surface area contributed by atoms with Crippen molar-refractivity contribution in [3.8, 4) is 0 Å². The summed E-state index contributed by atoms with van der Waals surface area (Å²) >= 11 is 7.61. The Hall–Kier alpha value is -1.59. The topological polar surface area (TPSA) is 68.3 Å². The van der Waals surface area contributed by atoms with Gasteiger partial charge in [0.2, 0.25) is 5.91 Å². The largest absolute Gasteiger partial charge is 0.463 e. The van der Waals surface area contributed by atoms with Gasteiger partial charge in [-0.25, -0.2) is 0 Å². The summed E-state index contributed by atoms with van der Waals surface area (Å²) in [7, 11) is 0. The van der Waals surface area contributed by atoms with Crippen LogP contribution < -0.4 is 11.1 Å². The van der Waals surface area contributed by atoms with Crippen LogP contribution in [0.3, 0.4) is 0 Å². The number of anilines is 1. The van der Waals surface area contributed by atoms with Gasteiger partial charge in [0.25, 0.3) is 0 Å². The van der Waals surface area contributed by atoms with Crippen LogP contribution in [0.4, 0.5) is 5.69 Å². The van der Waals surface area contributed by atoms with Crippen LogP contribution in [0.2, 0.25) is 5.02 Å². The van der Waals surface area contributed by atoms with Crippen LogP contribution in [0.15, 0.2) is 34.7 Å². The Bertz CT molecular complexity index is 613. The number of carbonyl (C=O) groups is 1. The molecule has 1 aromatic carbocycles. The molecule has 3 N–H and O–H groups in total. The van der Waals surface area contributed by atoms with Crippen molar-refractivity contribution in [2.75, 3.05) is 11.6 Å². The summed E-state index contributed by atoms with van der Waals surface area (Å²) < 4.78 is 5.65. The van der Waals surface area contributed by atoms with Crippen LogP contribution in [0.25, 0.3) is 0 Å². The molecule has 2 aromatic rings. The molecule has 106 valence electrons. The van der Waals surface area contributed by atoms with Gasteiger partial charge in [-0.15, -0.1) is 0 Å². The minimum Gasteiger partial charge on any atom is -0.463 e. The van der Waals surface area contributed by atoms with E-state index in [1.165, 1.54) is 0 Å². The standard InChI is InChI=1S/C14H15ClN2O2S/c1-20-8-11-4-3-10(19-11)7-17-9-2-5-13(15)12(6-9)14(16)18/h2-6,17H,7-8H2,1H3,(H2,16,18). The fraction of sp³-hybridized carbons (Fsp3) is 0.214. The lowest BCUT2D eigenvalue weighted by molar-refractivity contribution is 0.100. The number of nitrogens with one attached hydrogen (secondary N) is 1. The third-order valence-electron chi connectivity index (χ3n) is 2.70. The molecular formula is C14H15ClN2O2S. The minimum atomic E-state index is -0.543. The number of benzene rings is 1. The van der Waals surface area contributed by atoms with Gasteiger partial charge in [0.05, 0.1) is 22.9 Å². The second-order valence-electron chi connectivity index (χ2n) is 4.21. The average molecular weight is 311 g/mol. The van der Waals surface area contributed by atoms with Crippen molar-refractivity contribution in [3.63, 3.8) is 0 Å². The van der Waals surface area contributed by atoms with E-state index in [4.69, 9.17) is 21.8 Å². The molecule has 0 spiro atoms. The number of carbonyl (C=O) groups excluding carboxylic acids is 1. The zero-order valence-electron chi connectivity index (χ0n) is 11.0. The molecule has 0 fully saturated rings. The second kappa shape index (κ2) is 6.72. The summed E-state index contributed by atoms with van der Waals surface area (Å²) in [4.78, 5) is 11.2. The smallest absolute Gasteiger partial charge is 0.250 e. The van der Waals surface area contributed by atoms with Crippen LogP contribution in [-0.2, 0) is 12.3 Å². The maximum atomic E-state index is 11.2. The highest BCUT2D eigenvalue weighted by Gasteiger charge is 2.08. The third kappa shape index (κ3) is 3.71. The minimum absolute atomic E-state index is 0.305. The van der Waals surface area contributed by atoms with E-state index < -0.39 is 5.91 Å². The van der Waals surface area contributed by atoms with Gasteiger partial charge in [-0.1, -0.05) is 11.6 Å². The molecule has 0 saturated heterocycles. The molecule has 0 aliphatic rings. The van der Waals surface area contributed by atoms with E-state index in [0.717, 1.165) is 23.0 Å². The van der Waals surface area contributed by atoms with Gasteiger partial charge < -0.3 is 15.5 Å². The van der Waals surface area contributed by atoms with E-state index >= 15 is 0 Å². The third-order valence-corrected chi connectivity index (χ3v) is 3.61. The molecule has 20 heavy (non-hydrogen) atoms. The monoisotopic (exact) mass is 310 g/mol. The molecular weight excluding hydrogens is 296 g/mol. The first-order valence-corrected chi connectivity index (χ1v) is 7.77. The van der Waals surface area contributed by atoms with Crippen LogP contribution in [-0.4, -0.2) is 12.2 Å². The van der Waals surface area contributed by atoms with Gasteiger partial charge >= 0.3 is 0 Å². The van der Waals surface area contributed by atoms with Crippen molar-refractivity contribution in [3.05, 3.63) is 52.4 Å². The number of halogens is 1. The van der Waals surface area contributed by atoms with E-state index in [-0.39, 0.29) is 0 Å². The van der Waals surface area contributed by atoms with E-state index in [0.29, 0.717) is 17.1 Å². The molecule has 0 aliphatic carbocycles. The van der Waals surface area contributed by atoms with E-state index in [1.54, 1.807) is 30.0 Å². The Labute approximate surface area is 126 Å². The molecule has 0 saturated carbocycles. The summed E-state index contributed by atoms with van der Waals surface area (Å²) in [5.41, 5.74) is 6.33. The van der Waals surface area contributed by atoms with Gasteiger partial charge in [0.15, 0.2) is 0 Å². The summed E-state index contributed by atoms with van der Waals surface area (Å²) in [6.45, 7) is 0.536. The lowest BCUT2D eigenvalue weighted by atomic mass is 10.2. The van der Waals surface area contributed by atoms with Crippen molar-refractivity contribution in [2.45, 2.75) is 12.3 Å². The summed E-state index contributed by atoms with van der Waals surface area (Å²) in [5, 5.41) is 3.52. The van der Waals surface area contributed by atoms with Crippen LogP contribution >= 0.6 is 23.4 Å². The lowest BCUT2D eigenvalue weighted by Crippen LogP contribution is -2.12. The summed E-state index contributed by atoms with van der Waals surface area (Å²) in [6, 6.07) is 8.97. The van der Waals surface area contributed by atoms with Gasteiger partial charge in [-0.2, -0.15) is 11.8 Å². The van der Waals surface area contributed by atoms with Gasteiger partial charge in [-0.05, 0) is 36.6 Å². The molecule has 0 bridgehead atoms. The zero-order chi connectivity index (χ0) is 14.5. The van der Waals surface area contributed by atoms with E-state index in [2.05, 4.69) is 5.32 Å². The van der Waals surface area contributed by atoms with Gasteiger partial charge in [-0.3, -0.25) is 4.79 Å². The Morgan fingerprint density at radius 3 is 2.80 bits per heavy atom. The molecule has 4 nitrogen and oxygen atoms in total. The predicted octanol–water partition coefficient (Wildman–Crippen LogP) is 3.51. The highest BCUT2D eigenvalue weighted by atomic mass is 35.5. The summed E-state index contributed by atoms with van der Waals surface area (Å²) in [5.74, 6) is 2.10. The van der Waals surface area contributed by atoms with E-state index in [9.17, 15) is 4.79 Å². The summed E-state index contributed by atoms with van der Waals surface area (Å²) in [6.07, 6.45) is 2.03. The number of primary amides is 1. The maximum absolute atomic E-state index is 11.2. The Morgan fingerprint density at radius 2 is 2.10 bits per heavy atom. The van der Waals surface area contributed by atoms with Crippen molar-refractivity contribution in [1.82, 2.24) is 0 Å². The number of thioether (sulfide) groups is 1. The van der Waals surface area contributed by atoms with Crippen molar-refractivity contribution in [2.24, 2.45) is 5.73 Å².